The summed E-state index contributed by atoms with van der Waals surface area (Å²) in [6, 6.07) is 4.39. The fourth-order valence-corrected chi connectivity index (χ4v) is 6.26. The molecule has 1 fully saturated rings. The number of fused-ring (bicyclic) bond motifs is 3. The van der Waals surface area contributed by atoms with Crippen LogP contribution in [-0.2, 0) is 20.7 Å². The molecule has 6 atom stereocenters. The van der Waals surface area contributed by atoms with Crippen molar-refractivity contribution in [3.05, 3.63) is 51.6 Å². The van der Waals surface area contributed by atoms with Crippen molar-refractivity contribution in [2.45, 2.75) is 60.3 Å². The van der Waals surface area contributed by atoms with Crippen molar-refractivity contribution >= 4 is 39.9 Å². The van der Waals surface area contributed by atoms with E-state index in [4.69, 9.17) is 14.2 Å². The van der Waals surface area contributed by atoms with Gasteiger partial charge in [-0.15, -0.1) is 0 Å². The number of phenols is 2. The van der Waals surface area contributed by atoms with E-state index < -0.39 is 77.4 Å². The number of hydrogen-bond donors (Lipinski definition) is 5. The second-order valence-corrected chi connectivity index (χ2v) is 11.6. The zero-order valence-electron chi connectivity index (χ0n) is 21.3. The maximum absolute atomic E-state index is 13.7. The number of halogens is 1. The molecule has 2 aromatic carbocycles. The van der Waals surface area contributed by atoms with Crippen LogP contribution in [-0.4, -0.2) is 79.5 Å². The van der Waals surface area contributed by atoms with Gasteiger partial charge in [0, 0.05) is 29.5 Å². The molecule has 0 spiro atoms. The van der Waals surface area contributed by atoms with Crippen molar-refractivity contribution in [2.24, 2.45) is 0 Å². The Morgan fingerprint density at radius 2 is 1.87 bits per heavy atom. The fraction of sp³-hybridized carbons (Fsp3) is 0.444. The molecular formula is C27H29INO10+. The summed E-state index contributed by atoms with van der Waals surface area (Å²) in [5, 5.41) is 43.7. The van der Waals surface area contributed by atoms with Crippen LogP contribution in [0.2, 0.25) is 0 Å². The summed E-state index contributed by atoms with van der Waals surface area (Å²) < 4.78 is 17.6. The van der Waals surface area contributed by atoms with Gasteiger partial charge in [-0.1, -0.05) is 34.7 Å². The van der Waals surface area contributed by atoms with Gasteiger partial charge in [0.15, 0.2) is 17.9 Å². The summed E-state index contributed by atoms with van der Waals surface area (Å²) in [5.74, 6) is -3.50. The van der Waals surface area contributed by atoms with Crippen LogP contribution < -0.4 is 10.5 Å². The van der Waals surface area contributed by atoms with E-state index in [1.54, 1.807) is 0 Å². The van der Waals surface area contributed by atoms with Gasteiger partial charge in [0.25, 0.3) is 0 Å². The standard InChI is InChI=1S/C27H28INO10/c1-10-22(28)13(29)6-17(38-10)39-15-8-27(36,16(31)9-30)7-12-19(15)26(35)21-20(24(12)33)23(32)11-4-3-5-14(37-2)18(11)25(21)34/h3-5,10,13,15,17,22,30,33,35-36H,6-9,29H2,1-2H3/p+1. The Bertz CT molecular complexity index is 1380. The summed E-state index contributed by atoms with van der Waals surface area (Å²) in [4.78, 5) is 39.8. The zero-order chi connectivity index (χ0) is 28.4. The van der Waals surface area contributed by atoms with Gasteiger partial charge in [0.05, 0.1) is 46.4 Å². The van der Waals surface area contributed by atoms with Crippen molar-refractivity contribution in [3.63, 3.8) is 0 Å². The van der Waals surface area contributed by atoms with Gasteiger partial charge < -0.3 is 40.4 Å². The first-order chi connectivity index (χ1) is 18.4. The minimum absolute atomic E-state index is 0.0220. The Kier molecular flexibility index (Phi) is 7.23. The highest BCUT2D eigenvalue weighted by Crippen LogP contribution is 2.52. The SMILES string of the molecule is COc1cccc2c1C(=O)c1c(O)c3c(c(O)c1C2=O)CC(O)(C(=O)CO)CC3OC1CC([NH3+])C(I)C(C)O1. The molecule has 0 aromatic heterocycles. The van der Waals surface area contributed by atoms with Gasteiger partial charge in [-0.25, -0.2) is 0 Å². The van der Waals surface area contributed by atoms with Crippen molar-refractivity contribution < 1.29 is 54.8 Å². The van der Waals surface area contributed by atoms with E-state index >= 15 is 0 Å². The summed E-state index contributed by atoms with van der Waals surface area (Å²) in [5.41, 5.74) is 0.882. The second kappa shape index (κ2) is 10.1. The fourth-order valence-electron chi connectivity index (χ4n) is 5.80. The lowest BCUT2D eigenvalue weighted by atomic mass is 9.72. The number of benzene rings is 2. The third-order valence-electron chi connectivity index (χ3n) is 7.82. The molecule has 1 saturated heterocycles. The van der Waals surface area contributed by atoms with Crippen LogP contribution in [0, 0.1) is 0 Å². The van der Waals surface area contributed by atoms with Crippen LogP contribution in [0.15, 0.2) is 18.2 Å². The van der Waals surface area contributed by atoms with E-state index in [1.165, 1.54) is 25.3 Å². The molecule has 208 valence electrons. The third kappa shape index (κ3) is 4.33. The highest BCUT2D eigenvalue weighted by molar-refractivity contribution is 14.1. The molecule has 12 heteroatoms. The monoisotopic (exact) mass is 654 g/mol. The summed E-state index contributed by atoms with van der Waals surface area (Å²) in [7, 11) is 1.34. The number of quaternary nitrogens is 1. The van der Waals surface area contributed by atoms with Crippen molar-refractivity contribution in [1.82, 2.24) is 0 Å². The number of aliphatic hydroxyl groups is 2. The van der Waals surface area contributed by atoms with Gasteiger partial charge in [0.2, 0.25) is 5.78 Å². The van der Waals surface area contributed by atoms with Crippen molar-refractivity contribution in [1.29, 1.82) is 0 Å². The molecule has 2 aromatic rings. The van der Waals surface area contributed by atoms with E-state index in [2.05, 4.69) is 28.3 Å². The van der Waals surface area contributed by atoms with Gasteiger partial charge in [0.1, 0.15) is 35.5 Å². The van der Waals surface area contributed by atoms with Crippen LogP contribution in [0.25, 0.3) is 0 Å². The van der Waals surface area contributed by atoms with Crippen LogP contribution >= 0.6 is 22.6 Å². The maximum Gasteiger partial charge on any atom is 0.202 e. The largest absolute Gasteiger partial charge is 0.507 e. The number of rotatable bonds is 5. The number of aromatic hydroxyl groups is 2. The average Bonchev–Trinajstić information content (AvgIpc) is 2.90. The molecule has 39 heavy (non-hydrogen) atoms. The predicted octanol–water partition coefficient (Wildman–Crippen LogP) is 0.727. The third-order valence-corrected chi connectivity index (χ3v) is 9.84. The van der Waals surface area contributed by atoms with Crippen LogP contribution in [0.3, 0.4) is 0 Å². The van der Waals surface area contributed by atoms with E-state index in [1.807, 2.05) is 6.92 Å². The van der Waals surface area contributed by atoms with Gasteiger partial charge in [-0.2, -0.15) is 0 Å². The van der Waals surface area contributed by atoms with Gasteiger partial charge in [-0.3, -0.25) is 14.4 Å². The number of methoxy groups -OCH3 is 1. The minimum atomic E-state index is -2.18. The Labute approximate surface area is 237 Å². The number of carbonyl (C=O) groups is 3. The molecule has 1 heterocycles. The highest BCUT2D eigenvalue weighted by Gasteiger charge is 2.50. The average molecular weight is 654 g/mol. The number of ether oxygens (including phenoxy) is 3. The summed E-state index contributed by atoms with van der Waals surface area (Å²) in [6.45, 7) is 0.884. The topological polar surface area (TPSA) is 187 Å². The van der Waals surface area contributed by atoms with E-state index in [0.29, 0.717) is 6.42 Å². The van der Waals surface area contributed by atoms with Crippen molar-refractivity contribution in [2.75, 3.05) is 13.7 Å². The molecule has 6 unspecified atom stereocenters. The number of hydrogen-bond acceptors (Lipinski definition) is 10. The Hall–Kier alpha value is -2.62. The van der Waals surface area contributed by atoms with Crippen LogP contribution in [0.5, 0.6) is 17.2 Å². The molecule has 0 radical (unpaired) electrons. The molecule has 2 aliphatic carbocycles. The molecule has 1 aliphatic heterocycles. The Morgan fingerprint density at radius 1 is 1.18 bits per heavy atom. The number of carbonyl (C=O) groups excluding carboxylic acids is 3. The number of aliphatic hydroxyl groups excluding tert-OH is 1. The summed E-state index contributed by atoms with van der Waals surface area (Å²) in [6.07, 6.45) is -2.85. The number of phenolic OH excluding ortho intramolecular Hbond substituents is 2. The molecule has 11 nitrogen and oxygen atoms in total. The number of Topliss-reactive ketones (excluding diaryl/α,β-unsaturated/α-hetero) is 1. The first-order valence-electron chi connectivity index (χ1n) is 12.4. The van der Waals surface area contributed by atoms with E-state index in [9.17, 15) is 34.8 Å². The predicted molar refractivity (Wildman–Crippen MR) is 142 cm³/mol. The number of alkyl halides is 1. The molecule has 3 aliphatic rings. The van der Waals surface area contributed by atoms with Crippen LogP contribution in [0.4, 0.5) is 0 Å². The highest BCUT2D eigenvalue weighted by atomic mass is 127. The minimum Gasteiger partial charge on any atom is -0.507 e. The van der Waals surface area contributed by atoms with Gasteiger partial charge in [-0.05, 0) is 13.0 Å². The van der Waals surface area contributed by atoms with E-state index in [0.717, 1.165) is 0 Å². The molecule has 5 rings (SSSR count). The first kappa shape index (κ1) is 27.9. The lowest BCUT2D eigenvalue weighted by Gasteiger charge is -2.41. The summed E-state index contributed by atoms with van der Waals surface area (Å²) >= 11 is 2.24. The Balaban J connectivity index is 1.69. The first-order valence-corrected chi connectivity index (χ1v) is 13.7. The lowest BCUT2D eigenvalue weighted by molar-refractivity contribution is -0.442. The zero-order valence-corrected chi connectivity index (χ0v) is 23.4. The smallest absolute Gasteiger partial charge is 0.202 e. The van der Waals surface area contributed by atoms with Gasteiger partial charge >= 0.3 is 0 Å². The second-order valence-electron chi connectivity index (χ2n) is 10.2. The molecule has 0 saturated carbocycles. The molecular weight excluding hydrogens is 625 g/mol. The van der Waals surface area contributed by atoms with Crippen molar-refractivity contribution in [3.8, 4) is 17.2 Å². The van der Waals surface area contributed by atoms with E-state index in [-0.39, 0.29) is 44.1 Å². The molecule has 0 bridgehead atoms. The maximum atomic E-state index is 13.7. The molecule has 7 N–H and O–H groups in total. The molecule has 0 amide bonds. The number of ketones is 3. The van der Waals surface area contributed by atoms with Crippen LogP contribution in [0.1, 0.15) is 68.8 Å². The lowest BCUT2D eigenvalue weighted by Crippen LogP contribution is -2.70. The quantitative estimate of drug-likeness (QED) is 0.149. The Morgan fingerprint density at radius 3 is 2.51 bits per heavy atom. The normalized spacial score (nSPS) is 29.8.